The van der Waals surface area contributed by atoms with Crippen LogP contribution in [0.4, 0.5) is 13.2 Å². The highest BCUT2D eigenvalue weighted by Crippen LogP contribution is 2.36. The molecule has 1 fully saturated rings. The summed E-state index contributed by atoms with van der Waals surface area (Å²) in [6.45, 7) is 2.33. The van der Waals surface area contributed by atoms with Gasteiger partial charge in [0.05, 0.1) is 30.3 Å². The number of nitrogens with zero attached hydrogens (tertiary/aromatic N) is 2. The van der Waals surface area contributed by atoms with E-state index in [4.69, 9.17) is 9.47 Å². The van der Waals surface area contributed by atoms with Gasteiger partial charge in [0.1, 0.15) is 12.4 Å². The number of H-pyrrole nitrogens is 1. The molecule has 5 nitrogen and oxygen atoms in total. The second-order valence-corrected chi connectivity index (χ2v) is 8.33. The first-order chi connectivity index (χ1) is 15.3. The normalized spacial score (nSPS) is 19.0. The fourth-order valence-electron chi connectivity index (χ4n) is 4.01. The van der Waals surface area contributed by atoms with Crippen LogP contribution in [-0.2, 0) is 12.8 Å². The summed E-state index contributed by atoms with van der Waals surface area (Å²) in [5.41, 5.74) is 1.44. The Hall–Kier alpha value is -3.03. The zero-order valence-corrected chi connectivity index (χ0v) is 18.1. The molecule has 0 bridgehead atoms. The van der Waals surface area contributed by atoms with E-state index in [1.54, 1.807) is 13.2 Å². The molecule has 1 aromatic carbocycles. The highest BCUT2D eigenvalue weighted by molar-refractivity contribution is 5.63. The van der Waals surface area contributed by atoms with E-state index in [0.717, 1.165) is 48.1 Å². The smallest absolute Gasteiger partial charge is 0.417 e. The van der Waals surface area contributed by atoms with Gasteiger partial charge in [0.2, 0.25) is 0 Å². The van der Waals surface area contributed by atoms with Crippen molar-refractivity contribution < 1.29 is 22.6 Å². The van der Waals surface area contributed by atoms with Gasteiger partial charge in [-0.15, -0.1) is 0 Å². The number of aromatic nitrogens is 3. The van der Waals surface area contributed by atoms with E-state index >= 15 is 0 Å². The first kappa shape index (κ1) is 22.2. The summed E-state index contributed by atoms with van der Waals surface area (Å²) in [5, 5.41) is 0. The fraction of sp³-hybridized carbons (Fsp3) is 0.417. The van der Waals surface area contributed by atoms with Crippen molar-refractivity contribution in [1.29, 1.82) is 0 Å². The quantitative estimate of drug-likeness (QED) is 0.479. The largest absolute Gasteiger partial charge is 0.493 e. The molecule has 0 unspecified atom stereocenters. The number of methoxy groups -OCH3 is 1. The van der Waals surface area contributed by atoms with Crippen LogP contribution in [0.3, 0.4) is 0 Å². The molecule has 3 aromatic rings. The first-order valence-electron chi connectivity index (χ1n) is 10.7. The van der Waals surface area contributed by atoms with E-state index in [1.165, 1.54) is 18.9 Å². The number of alkyl halides is 3. The predicted molar refractivity (Wildman–Crippen MR) is 115 cm³/mol. The maximum atomic E-state index is 12.7. The van der Waals surface area contributed by atoms with Gasteiger partial charge in [-0.1, -0.05) is 19.8 Å². The third-order valence-electron chi connectivity index (χ3n) is 6.00. The van der Waals surface area contributed by atoms with Crippen LogP contribution in [0.1, 0.15) is 55.6 Å². The summed E-state index contributed by atoms with van der Waals surface area (Å²) >= 11 is 0. The van der Waals surface area contributed by atoms with Gasteiger partial charge in [-0.2, -0.15) is 13.2 Å². The number of rotatable bonds is 6. The molecule has 0 atom stereocenters. The van der Waals surface area contributed by atoms with Gasteiger partial charge in [0.25, 0.3) is 0 Å². The van der Waals surface area contributed by atoms with E-state index in [9.17, 15) is 13.2 Å². The van der Waals surface area contributed by atoms with Crippen molar-refractivity contribution in [2.75, 3.05) is 7.11 Å². The van der Waals surface area contributed by atoms with Crippen LogP contribution >= 0.6 is 0 Å². The third kappa shape index (κ3) is 5.06. The predicted octanol–water partition coefficient (Wildman–Crippen LogP) is 6.37. The molecular weight excluding hydrogens is 419 g/mol. The van der Waals surface area contributed by atoms with Crippen LogP contribution in [0.15, 0.2) is 42.7 Å². The molecule has 0 radical (unpaired) electrons. The minimum atomic E-state index is -4.41. The molecule has 170 valence electrons. The summed E-state index contributed by atoms with van der Waals surface area (Å²) in [6, 6.07) is 7.84. The molecular formula is C24H26F3N3O2. The number of imidazole rings is 1. The molecule has 1 N–H and O–H groups in total. The minimum Gasteiger partial charge on any atom is -0.493 e. The monoisotopic (exact) mass is 445 g/mol. The molecule has 0 aliphatic heterocycles. The van der Waals surface area contributed by atoms with Gasteiger partial charge in [-0.25, -0.2) is 4.98 Å². The molecule has 8 heteroatoms. The highest BCUT2D eigenvalue weighted by Gasteiger charge is 2.30. The van der Waals surface area contributed by atoms with Gasteiger partial charge in [-0.05, 0) is 49.1 Å². The number of pyridine rings is 1. The molecule has 0 amide bonds. The van der Waals surface area contributed by atoms with Gasteiger partial charge >= 0.3 is 6.18 Å². The molecule has 1 saturated carbocycles. The molecule has 4 rings (SSSR count). The zero-order valence-electron chi connectivity index (χ0n) is 18.1. The molecule has 2 aromatic heterocycles. The molecule has 0 saturated heterocycles. The molecule has 32 heavy (non-hydrogen) atoms. The summed E-state index contributed by atoms with van der Waals surface area (Å²) in [5.74, 6) is 3.30. The van der Waals surface area contributed by atoms with E-state index in [-0.39, 0.29) is 6.61 Å². The van der Waals surface area contributed by atoms with Crippen molar-refractivity contribution in [3.63, 3.8) is 0 Å². The molecule has 1 aliphatic carbocycles. The lowest BCUT2D eigenvalue weighted by molar-refractivity contribution is -0.137. The SMILES string of the molecule is COc1cc(-c2cnc(C3CCC(C)CC3)[nH]2)ccc1OCc1ccc(C(F)(F)F)cn1. The van der Waals surface area contributed by atoms with Gasteiger partial charge in [0.15, 0.2) is 11.5 Å². The Morgan fingerprint density at radius 3 is 2.44 bits per heavy atom. The van der Waals surface area contributed by atoms with Crippen molar-refractivity contribution in [2.45, 2.75) is 51.3 Å². The number of nitrogens with one attached hydrogen (secondary N) is 1. The Kier molecular flexibility index (Phi) is 6.39. The Morgan fingerprint density at radius 1 is 1.00 bits per heavy atom. The first-order valence-corrected chi connectivity index (χ1v) is 10.7. The van der Waals surface area contributed by atoms with E-state index < -0.39 is 11.7 Å². The Morgan fingerprint density at radius 2 is 1.78 bits per heavy atom. The average Bonchev–Trinajstić information content (AvgIpc) is 3.28. The Labute approximate surface area is 185 Å². The number of halogens is 3. The molecule has 2 heterocycles. The van der Waals surface area contributed by atoms with Gasteiger partial charge < -0.3 is 14.5 Å². The van der Waals surface area contributed by atoms with Crippen molar-refractivity contribution in [1.82, 2.24) is 15.0 Å². The zero-order chi connectivity index (χ0) is 22.7. The highest BCUT2D eigenvalue weighted by atomic mass is 19.4. The number of hydrogen-bond donors (Lipinski definition) is 1. The maximum absolute atomic E-state index is 12.7. The van der Waals surface area contributed by atoms with Crippen LogP contribution in [0, 0.1) is 5.92 Å². The fourth-order valence-corrected chi connectivity index (χ4v) is 4.01. The Bertz CT molecular complexity index is 1040. The topological polar surface area (TPSA) is 60.0 Å². The molecule has 0 spiro atoms. The van der Waals surface area contributed by atoms with E-state index in [1.807, 2.05) is 18.3 Å². The lowest BCUT2D eigenvalue weighted by atomic mass is 9.83. The van der Waals surface area contributed by atoms with E-state index in [0.29, 0.717) is 23.1 Å². The van der Waals surface area contributed by atoms with Gasteiger partial charge in [-0.3, -0.25) is 4.98 Å². The van der Waals surface area contributed by atoms with Crippen LogP contribution in [0.25, 0.3) is 11.3 Å². The third-order valence-corrected chi connectivity index (χ3v) is 6.00. The van der Waals surface area contributed by atoms with E-state index in [2.05, 4.69) is 21.9 Å². The van der Waals surface area contributed by atoms with Crippen molar-refractivity contribution in [3.8, 4) is 22.8 Å². The van der Waals surface area contributed by atoms with Crippen molar-refractivity contribution in [3.05, 3.63) is 59.8 Å². The maximum Gasteiger partial charge on any atom is 0.417 e. The summed E-state index contributed by atoms with van der Waals surface area (Å²) in [7, 11) is 1.55. The summed E-state index contributed by atoms with van der Waals surface area (Å²) in [4.78, 5) is 11.9. The lowest BCUT2D eigenvalue weighted by Gasteiger charge is -2.24. The Balaban J connectivity index is 1.44. The van der Waals surface area contributed by atoms with Crippen LogP contribution in [0.5, 0.6) is 11.5 Å². The number of benzene rings is 1. The van der Waals surface area contributed by atoms with Gasteiger partial charge in [0, 0.05) is 17.7 Å². The summed E-state index contributed by atoms with van der Waals surface area (Å²) < 4.78 is 49.2. The standard InChI is InChI=1S/C24H26F3N3O2/c1-15-3-5-16(6-4-15)23-29-13-20(30-23)17-7-10-21(22(11-17)31-2)32-14-19-9-8-18(12-28-19)24(25,26)27/h7-13,15-16H,3-6,14H2,1-2H3,(H,29,30). The van der Waals surface area contributed by atoms with Crippen molar-refractivity contribution >= 4 is 0 Å². The number of ether oxygens (including phenoxy) is 2. The molecule has 1 aliphatic rings. The number of hydrogen-bond acceptors (Lipinski definition) is 4. The van der Waals surface area contributed by atoms with Crippen molar-refractivity contribution in [2.24, 2.45) is 5.92 Å². The van der Waals surface area contributed by atoms with Crippen LogP contribution < -0.4 is 9.47 Å². The lowest BCUT2D eigenvalue weighted by Crippen LogP contribution is -2.11. The second-order valence-electron chi connectivity index (χ2n) is 8.33. The minimum absolute atomic E-state index is 0.0299. The average molecular weight is 445 g/mol. The van der Waals surface area contributed by atoms with Crippen LogP contribution in [0.2, 0.25) is 0 Å². The summed E-state index contributed by atoms with van der Waals surface area (Å²) in [6.07, 6.45) is 3.01. The number of aromatic amines is 1. The van der Waals surface area contributed by atoms with Crippen LogP contribution in [-0.4, -0.2) is 22.1 Å². The second kappa shape index (κ2) is 9.22.